The molecule has 1 aliphatic rings. The minimum absolute atomic E-state index is 0.0961. The third-order valence-electron chi connectivity index (χ3n) is 7.11. The molecule has 11 nitrogen and oxygen atoms in total. The van der Waals surface area contributed by atoms with Crippen molar-refractivity contribution in [3.63, 3.8) is 0 Å². The van der Waals surface area contributed by atoms with Crippen molar-refractivity contribution in [2.24, 2.45) is 0 Å². The third-order valence-corrected chi connectivity index (χ3v) is 8.82. The molecule has 4 aromatic rings. The zero-order valence-corrected chi connectivity index (χ0v) is 25.3. The van der Waals surface area contributed by atoms with Crippen LogP contribution in [-0.2, 0) is 24.2 Å². The van der Waals surface area contributed by atoms with E-state index in [0.717, 1.165) is 25.1 Å². The summed E-state index contributed by atoms with van der Waals surface area (Å²) >= 11 is 0. The van der Waals surface area contributed by atoms with Crippen molar-refractivity contribution in [1.29, 1.82) is 0 Å². The van der Waals surface area contributed by atoms with E-state index in [-0.39, 0.29) is 36.5 Å². The first-order valence-corrected chi connectivity index (χ1v) is 17.5. The highest BCUT2D eigenvalue weighted by molar-refractivity contribution is 6.76. The van der Waals surface area contributed by atoms with Gasteiger partial charge in [0.1, 0.15) is 18.9 Å². The zero-order chi connectivity index (χ0) is 30.9. The van der Waals surface area contributed by atoms with E-state index in [1.165, 1.54) is 30.1 Å². The number of methoxy groups -OCH3 is 1. The van der Waals surface area contributed by atoms with Crippen LogP contribution in [0.5, 0.6) is 5.88 Å². The van der Waals surface area contributed by atoms with Crippen LogP contribution in [0.4, 0.5) is 18.9 Å². The topological polar surface area (TPSA) is 123 Å². The highest BCUT2D eigenvalue weighted by Gasteiger charge is 2.37. The van der Waals surface area contributed by atoms with Gasteiger partial charge in [0.15, 0.2) is 5.69 Å². The van der Waals surface area contributed by atoms with Crippen LogP contribution in [0, 0.1) is 10.1 Å². The maximum absolute atomic E-state index is 13.9. The molecule has 0 radical (unpaired) electrons. The quantitative estimate of drug-likeness (QED) is 0.0779. The Balaban J connectivity index is 1.72. The molecule has 3 heterocycles. The molecule has 1 fully saturated rings. The summed E-state index contributed by atoms with van der Waals surface area (Å²) in [6.45, 7) is 6.72. The van der Waals surface area contributed by atoms with Gasteiger partial charge < -0.3 is 14.0 Å². The van der Waals surface area contributed by atoms with Gasteiger partial charge in [-0.25, -0.2) is 15.0 Å². The van der Waals surface area contributed by atoms with E-state index in [2.05, 4.69) is 39.7 Å². The lowest BCUT2D eigenvalue weighted by molar-refractivity contribution is -0.384. The summed E-state index contributed by atoms with van der Waals surface area (Å²) in [7, 11) is -0.00827. The van der Waals surface area contributed by atoms with E-state index in [0.29, 0.717) is 29.0 Å². The molecule has 0 bridgehead atoms. The monoisotopic (exact) mass is 615 g/mol. The van der Waals surface area contributed by atoms with Crippen LogP contribution < -0.4 is 4.74 Å². The van der Waals surface area contributed by atoms with Crippen LogP contribution in [0.25, 0.3) is 22.5 Å². The second-order valence-electron chi connectivity index (χ2n) is 11.7. The normalized spacial score (nSPS) is 13.8. The smallest absolute Gasteiger partial charge is 0.434 e. The Morgan fingerprint density at radius 2 is 1.93 bits per heavy atom. The lowest BCUT2D eigenvalue weighted by atomic mass is 9.93. The van der Waals surface area contributed by atoms with E-state index in [9.17, 15) is 23.3 Å². The van der Waals surface area contributed by atoms with Crippen molar-refractivity contribution in [3.8, 4) is 28.4 Å². The summed E-state index contributed by atoms with van der Waals surface area (Å²) in [5, 5.41) is 16.7. The highest BCUT2D eigenvalue weighted by atomic mass is 28.3. The van der Waals surface area contributed by atoms with Crippen LogP contribution in [0.2, 0.25) is 25.7 Å². The Morgan fingerprint density at radius 1 is 1.16 bits per heavy atom. The van der Waals surface area contributed by atoms with Gasteiger partial charge in [-0.1, -0.05) is 19.6 Å². The maximum atomic E-state index is 13.9. The number of benzene rings is 1. The van der Waals surface area contributed by atoms with Crippen molar-refractivity contribution in [3.05, 3.63) is 70.2 Å². The Morgan fingerprint density at radius 3 is 2.53 bits per heavy atom. The van der Waals surface area contributed by atoms with Gasteiger partial charge in [0.2, 0.25) is 5.88 Å². The third kappa shape index (κ3) is 6.93. The number of alkyl halides is 3. The molecule has 228 valence electrons. The number of halogens is 3. The fourth-order valence-electron chi connectivity index (χ4n) is 4.76. The second kappa shape index (κ2) is 11.9. The molecule has 15 heteroatoms. The van der Waals surface area contributed by atoms with E-state index < -0.39 is 30.6 Å². The van der Waals surface area contributed by atoms with E-state index in [1.54, 1.807) is 23.1 Å². The summed E-state index contributed by atoms with van der Waals surface area (Å²) in [6, 6.07) is 5.37. The molecule has 1 aliphatic carbocycles. The van der Waals surface area contributed by atoms with Gasteiger partial charge in [0, 0.05) is 45.3 Å². The number of rotatable bonds is 12. The van der Waals surface area contributed by atoms with Gasteiger partial charge in [0.25, 0.3) is 5.69 Å². The number of hydrogen-bond acceptors (Lipinski definition) is 8. The molecular formula is C28H32F3N7O4Si. The van der Waals surface area contributed by atoms with E-state index in [1.807, 2.05) is 0 Å². The van der Waals surface area contributed by atoms with E-state index in [4.69, 9.17) is 9.47 Å². The van der Waals surface area contributed by atoms with Crippen LogP contribution >= 0.6 is 0 Å². The highest BCUT2D eigenvalue weighted by Crippen LogP contribution is 2.48. The molecule has 1 saturated carbocycles. The van der Waals surface area contributed by atoms with Gasteiger partial charge in [-0.3, -0.25) is 14.8 Å². The summed E-state index contributed by atoms with van der Waals surface area (Å²) in [5.41, 5.74) is 0.548. The minimum atomic E-state index is -4.77. The van der Waals surface area contributed by atoms with Crippen molar-refractivity contribution in [2.45, 2.75) is 63.9 Å². The predicted octanol–water partition coefficient (Wildman–Crippen LogP) is 6.38. The number of nitrogens with zero attached hydrogens (tertiary/aromatic N) is 7. The SMILES string of the molecule is COc1ncnc(C2CC2)c1-c1cc(-c2nc(C(F)(F)F)cn2COCC[Si](C)(C)C)c([N+](=O)[O-])cc1Cn1cccn1. The number of ether oxygens (including phenoxy) is 2. The molecule has 43 heavy (non-hydrogen) atoms. The molecule has 3 aromatic heterocycles. The van der Waals surface area contributed by atoms with Crippen molar-refractivity contribution in [1.82, 2.24) is 29.3 Å². The fourth-order valence-corrected chi connectivity index (χ4v) is 5.51. The van der Waals surface area contributed by atoms with Gasteiger partial charge in [-0.05, 0) is 42.1 Å². The molecule has 0 saturated heterocycles. The summed E-state index contributed by atoms with van der Waals surface area (Å²) in [5.74, 6) is 0.164. The zero-order valence-electron chi connectivity index (χ0n) is 24.3. The second-order valence-corrected chi connectivity index (χ2v) is 17.3. The first-order chi connectivity index (χ1) is 20.4. The average molecular weight is 616 g/mol. The molecular weight excluding hydrogens is 583 g/mol. The Hall–Kier alpha value is -4.11. The number of nitro groups is 1. The first kappa shape index (κ1) is 30.3. The fraction of sp³-hybridized carbons (Fsp3) is 0.429. The number of aromatic nitrogens is 6. The first-order valence-electron chi connectivity index (χ1n) is 13.8. The van der Waals surface area contributed by atoms with Crippen LogP contribution in [0.3, 0.4) is 0 Å². The molecule has 0 atom stereocenters. The standard InChI is InChI=1S/C28H32F3N7O4Si/c1-41-27-24(25(18-6-7-18)32-16-33-27)20-13-21(22(38(39)40)12-19(20)14-37-9-5-8-34-37)26-35-23(28(29,30)31)15-36(26)17-42-10-11-43(2,3)4/h5,8-9,12-13,15-16,18H,6-7,10-11,14,17H2,1-4H3. The summed E-state index contributed by atoms with van der Waals surface area (Å²) < 4.78 is 55.8. The van der Waals surface area contributed by atoms with Crippen molar-refractivity contribution < 1.29 is 27.6 Å². The molecule has 0 N–H and O–H groups in total. The molecule has 1 aromatic carbocycles. The summed E-state index contributed by atoms with van der Waals surface area (Å²) in [6.07, 6.45) is 2.55. The number of imidazole rings is 1. The minimum Gasteiger partial charge on any atom is -0.480 e. The Kier molecular flexibility index (Phi) is 8.38. The van der Waals surface area contributed by atoms with Crippen molar-refractivity contribution >= 4 is 13.8 Å². The number of hydrogen-bond donors (Lipinski definition) is 0. The lowest BCUT2D eigenvalue weighted by Crippen LogP contribution is -2.22. The van der Waals surface area contributed by atoms with Gasteiger partial charge >= 0.3 is 6.18 Å². The number of nitro benzene ring substituents is 1. The average Bonchev–Trinajstić information content (AvgIpc) is 3.48. The van der Waals surface area contributed by atoms with Gasteiger partial charge in [0.05, 0.1) is 35.4 Å². The summed E-state index contributed by atoms with van der Waals surface area (Å²) in [4.78, 5) is 24.5. The predicted molar refractivity (Wildman–Crippen MR) is 154 cm³/mol. The molecule has 0 aliphatic heterocycles. The maximum Gasteiger partial charge on any atom is 0.434 e. The molecule has 0 spiro atoms. The van der Waals surface area contributed by atoms with Crippen LogP contribution in [0.1, 0.15) is 35.7 Å². The molecule has 0 unspecified atom stereocenters. The Bertz CT molecular complexity index is 1610. The largest absolute Gasteiger partial charge is 0.480 e. The van der Waals surface area contributed by atoms with Crippen LogP contribution in [-0.4, -0.2) is 56.0 Å². The van der Waals surface area contributed by atoms with Crippen LogP contribution in [0.15, 0.2) is 43.1 Å². The lowest BCUT2D eigenvalue weighted by Gasteiger charge is -2.18. The van der Waals surface area contributed by atoms with Gasteiger partial charge in [-0.2, -0.15) is 18.3 Å². The van der Waals surface area contributed by atoms with Crippen molar-refractivity contribution in [2.75, 3.05) is 13.7 Å². The molecule has 0 amide bonds. The van der Waals surface area contributed by atoms with E-state index >= 15 is 0 Å². The molecule has 5 rings (SSSR count). The van der Waals surface area contributed by atoms with Gasteiger partial charge in [-0.15, -0.1) is 0 Å². The Labute approximate surface area is 246 Å².